The van der Waals surface area contributed by atoms with Gasteiger partial charge in [-0.2, -0.15) is 0 Å². The van der Waals surface area contributed by atoms with Crippen molar-refractivity contribution in [2.24, 2.45) is 5.92 Å². The molecule has 2 aromatic rings. The lowest BCUT2D eigenvalue weighted by Gasteiger charge is -2.24. The first-order valence-electron chi connectivity index (χ1n) is 8.00. The molecule has 0 spiro atoms. The average molecular weight is 294 g/mol. The molecule has 0 aromatic heterocycles. The largest absolute Gasteiger partial charge is 0.385 e. The van der Waals surface area contributed by atoms with Crippen molar-refractivity contribution in [3.63, 3.8) is 0 Å². The number of benzene rings is 2. The van der Waals surface area contributed by atoms with E-state index in [2.05, 4.69) is 34.9 Å². The second-order valence-corrected chi connectivity index (χ2v) is 5.86. The highest BCUT2D eigenvalue weighted by molar-refractivity contribution is 5.93. The summed E-state index contributed by atoms with van der Waals surface area (Å²) < 4.78 is 0. The van der Waals surface area contributed by atoms with Crippen LogP contribution < -0.4 is 10.6 Å². The Labute approximate surface area is 131 Å². The number of anilines is 2. The first-order valence-corrected chi connectivity index (χ1v) is 8.00. The molecule has 0 aliphatic heterocycles. The number of nitrogens with one attached hydrogen (secondary N) is 2. The summed E-state index contributed by atoms with van der Waals surface area (Å²) in [5, 5.41) is 6.39. The van der Waals surface area contributed by atoms with E-state index in [0.717, 1.165) is 37.2 Å². The smallest absolute Gasteiger partial charge is 0.227 e. The van der Waals surface area contributed by atoms with E-state index in [1.165, 1.54) is 12.0 Å². The van der Waals surface area contributed by atoms with Crippen LogP contribution in [0.2, 0.25) is 0 Å². The molecular weight excluding hydrogens is 272 g/mol. The number of hydrogen-bond donors (Lipinski definition) is 2. The van der Waals surface area contributed by atoms with Crippen molar-refractivity contribution in [1.29, 1.82) is 0 Å². The molecule has 1 amide bonds. The van der Waals surface area contributed by atoms with E-state index >= 15 is 0 Å². The molecule has 3 nitrogen and oxygen atoms in total. The molecule has 2 N–H and O–H groups in total. The summed E-state index contributed by atoms with van der Waals surface area (Å²) in [6, 6.07) is 18.4. The van der Waals surface area contributed by atoms with Crippen LogP contribution in [-0.2, 0) is 11.2 Å². The van der Waals surface area contributed by atoms with E-state index in [-0.39, 0.29) is 11.8 Å². The van der Waals surface area contributed by atoms with Crippen molar-refractivity contribution < 1.29 is 4.79 Å². The zero-order chi connectivity index (χ0) is 15.2. The van der Waals surface area contributed by atoms with Gasteiger partial charge < -0.3 is 10.6 Å². The van der Waals surface area contributed by atoms with Gasteiger partial charge in [-0.15, -0.1) is 0 Å². The van der Waals surface area contributed by atoms with E-state index in [4.69, 9.17) is 0 Å². The van der Waals surface area contributed by atoms with Crippen LogP contribution in [0.3, 0.4) is 0 Å². The fourth-order valence-electron chi connectivity index (χ4n) is 2.58. The standard InChI is InChI=1S/C19H22N2O/c22-19(16-7-4-8-16)21-18-11-9-17(10-12-18)20-14-13-15-5-2-1-3-6-15/h1-3,5-6,9-12,16,20H,4,7-8,13-14H2,(H,21,22). The second-order valence-electron chi connectivity index (χ2n) is 5.86. The van der Waals surface area contributed by atoms with Crippen molar-refractivity contribution in [2.45, 2.75) is 25.7 Å². The first kappa shape index (κ1) is 14.6. The van der Waals surface area contributed by atoms with Gasteiger partial charge in [0, 0.05) is 23.8 Å². The number of carbonyl (C=O) groups is 1. The van der Waals surface area contributed by atoms with E-state index in [1.54, 1.807) is 0 Å². The Morgan fingerprint density at radius 1 is 0.955 bits per heavy atom. The minimum absolute atomic E-state index is 0.163. The van der Waals surface area contributed by atoms with Crippen LogP contribution in [-0.4, -0.2) is 12.5 Å². The van der Waals surface area contributed by atoms with Gasteiger partial charge in [-0.25, -0.2) is 0 Å². The molecule has 0 unspecified atom stereocenters. The van der Waals surface area contributed by atoms with Crippen molar-refractivity contribution in [3.8, 4) is 0 Å². The normalized spacial score (nSPS) is 14.2. The number of amides is 1. The van der Waals surface area contributed by atoms with Crippen LogP contribution in [0.1, 0.15) is 24.8 Å². The Kier molecular flexibility index (Phi) is 4.74. The van der Waals surface area contributed by atoms with Gasteiger partial charge in [-0.1, -0.05) is 36.8 Å². The first-order chi connectivity index (χ1) is 10.8. The van der Waals surface area contributed by atoms with Crippen LogP contribution in [0, 0.1) is 5.92 Å². The third-order valence-electron chi connectivity index (χ3n) is 4.21. The fraction of sp³-hybridized carbons (Fsp3) is 0.316. The highest BCUT2D eigenvalue weighted by Gasteiger charge is 2.24. The number of carbonyl (C=O) groups excluding carboxylic acids is 1. The molecule has 0 radical (unpaired) electrons. The summed E-state index contributed by atoms with van der Waals surface area (Å²) in [7, 11) is 0. The minimum Gasteiger partial charge on any atom is -0.385 e. The van der Waals surface area contributed by atoms with Crippen molar-refractivity contribution in [2.75, 3.05) is 17.2 Å². The number of hydrogen-bond acceptors (Lipinski definition) is 2. The predicted octanol–water partition coefficient (Wildman–Crippen LogP) is 4.08. The predicted molar refractivity (Wildman–Crippen MR) is 91.0 cm³/mol. The fourth-order valence-corrected chi connectivity index (χ4v) is 2.58. The second kappa shape index (κ2) is 7.12. The zero-order valence-electron chi connectivity index (χ0n) is 12.7. The molecule has 0 bridgehead atoms. The summed E-state index contributed by atoms with van der Waals surface area (Å²) in [4.78, 5) is 11.9. The topological polar surface area (TPSA) is 41.1 Å². The number of rotatable bonds is 6. The molecule has 2 aromatic carbocycles. The molecule has 1 fully saturated rings. The van der Waals surface area contributed by atoms with Crippen LogP contribution in [0.4, 0.5) is 11.4 Å². The maximum absolute atomic E-state index is 11.9. The molecule has 22 heavy (non-hydrogen) atoms. The lowest BCUT2D eigenvalue weighted by Crippen LogP contribution is -2.27. The van der Waals surface area contributed by atoms with Crippen molar-refractivity contribution >= 4 is 17.3 Å². The SMILES string of the molecule is O=C(Nc1ccc(NCCc2ccccc2)cc1)C1CCC1. The molecule has 3 rings (SSSR count). The van der Waals surface area contributed by atoms with Crippen LogP contribution in [0.25, 0.3) is 0 Å². The minimum atomic E-state index is 0.163. The molecule has 0 saturated heterocycles. The van der Waals surface area contributed by atoms with E-state index in [1.807, 2.05) is 30.3 Å². The van der Waals surface area contributed by atoms with Gasteiger partial charge in [0.05, 0.1) is 0 Å². The average Bonchev–Trinajstić information content (AvgIpc) is 2.48. The van der Waals surface area contributed by atoms with Crippen LogP contribution in [0.5, 0.6) is 0 Å². The van der Waals surface area contributed by atoms with Crippen LogP contribution >= 0.6 is 0 Å². The molecular formula is C19H22N2O. The summed E-state index contributed by atoms with van der Waals surface area (Å²) in [5.41, 5.74) is 3.29. The van der Waals surface area contributed by atoms with E-state index in [9.17, 15) is 4.79 Å². The van der Waals surface area contributed by atoms with Gasteiger partial charge in [0.1, 0.15) is 0 Å². The quantitative estimate of drug-likeness (QED) is 0.843. The summed E-state index contributed by atoms with van der Waals surface area (Å²) >= 11 is 0. The van der Waals surface area contributed by atoms with E-state index in [0.29, 0.717) is 0 Å². The lowest BCUT2D eigenvalue weighted by atomic mass is 9.85. The third-order valence-corrected chi connectivity index (χ3v) is 4.21. The highest BCUT2D eigenvalue weighted by atomic mass is 16.1. The van der Waals surface area contributed by atoms with Crippen molar-refractivity contribution in [3.05, 3.63) is 60.2 Å². The molecule has 3 heteroatoms. The Hall–Kier alpha value is -2.29. The Bertz CT molecular complexity index is 603. The third kappa shape index (κ3) is 3.88. The molecule has 0 heterocycles. The van der Waals surface area contributed by atoms with Crippen molar-refractivity contribution in [1.82, 2.24) is 0 Å². The Morgan fingerprint density at radius 3 is 2.27 bits per heavy atom. The van der Waals surface area contributed by atoms with E-state index < -0.39 is 0 Å². The molecule has 1 aliphatic carbocycles. The summed E-state index contributed by atoms with van der Waals surface area (Å²) in [6.45, 7) is 0.901. The monoisotopic (exact) mass is 294 g/mol. The summed E-state index contributed by atoms with van der Waals surface area (Å²) in [5.74, 6) is 0.389. The molecule has 1 aliphatic rings. The van der Waals surface area contributed by atoms with Gasteiger partial charge in [0.25, 0.3) is 0 Å². The van der Waals surface area contributed by atoms with Gasteiger partial charge >= 0.3 is 0 Å². The maximum Gasteiger partial charge on any atom is 0.227 e. The molecule has 1 saturated carbocycles. The Morgan fingerprint density at radius 2 is 1.64 bits per heavy atom. The van der Waals surface area contributed by atoms with Gasteiger partial charge in [0.2, 0.25) is 5.91 Å². The summed E-state index contributed by atoms with van der Waals surface area (Å²) in [6.07, 6.45) is 4.25. The van der Waals surface area contributed by atoms with Crippen LogP contribution in [0.15, 0.2) is 54.6 Å². The van der Waals surface area contributed by atoms with Gasteiger partial charge in [0.15, 0.2) is 0 Å². The maximum atomic E-state index is 11.9. The lowest BCUT2D eigenvalue weighted by molar-refractivity contribution is -0.122. The Balaban J connectivity index is 1.45. The zero-order valence-corrected chi connectivity index (χ0v) is 12.7. The molecule has 0 atom stereocenters. The molecule has 114 valence electrons. The van der Waals surface area contributed by atoms with Gasteiger partial charge in [-0.05, 0) is 49.1 Å². The van der Waals surface area contributed by atoms with Gasteiger partial charge in [-0.3, -0.25) is 4.79 Å². The highest BCUT2D eigenvalue weighted by Crippen LogP contribution is 2.27.